The summed E-state index contributed by atoms with van der Waals surface area (Å²) in [5.74, 6) is -0.673. The summed E-state index contributed by atoms with van der Waals surface area (Å²) in [6.07, 6.45) is 0. The van der Waals surface area contributed by atoms with E-state index in [9.17, 15) is 14.4 Å². The molecule has 0 aromatic heterocycles. The fourth-order valence-corrected chi connectivity index (χ4v) is 1.93. The summed E-state index contributed by atoms with van der Waals surface area (Å²) in [5.41, 5.74) is 5.78. The van der Waals surface area contributed by atoms with Gasteiger partial charge in [-0.05, 0) is 48.5 Å². The number of methoxy groups -OCH3 is 1. The maximum absolute atomic E-state index is 11.9. The molecule has 0 saturated heterocycles. The van der Waals surface area contributed by atoms with Gasteiger partial charge in [0.2, 0.25) is 0 Å². The molecule has 0 heterocycles. The molecule has 2 aromatic carbocycles. The number of amides is 2. The van der Waals surface area contributed by atoms with E-state index in [1.54, 1.807) is 31.4 Å². The van der Waals surface area contributed by atoms with Crippen molar-refractivity contribution in [1.29, 1.82) is 0 Å². The molecular formula is C18H18N2O6. The van der Waals surface area contributed by atoms with E-state index < -0.39 is 24.4 Å². The standard InChI is InChI=1S/C18H18N2O6/c1-24-14-8-4-13(5-9-14)20-17(22)11-26-18(23)12-2-6-15(7-3-12)25-10-16(19)21/h2-9H,10-11H2,1H3,(H2,19,21)(H,20,22). The Balaban J connectivity index is 1.81. The van der Waals surface area contributed by atoms with Crippen LogP contribution >= 0.6 is 0 Å². The molecule has 2 aromatic rings. The fourth-order valence-electron chi connectivity index (χ4n) is 1.93. The molecule has 0 aliphatic heterocycles. The Morgan fingerprint density at radius 3 is 2.12 bits per heavy atom. The van der Waals surface area contributed by atoms with Gasteiger partial charge in [0.05, 0.1) is 12.7 Å². The Bertz CT molecular complexity index is 771. The van der Waals surface area contributed by atoms with Crippen LogP contribution in [-0.4, -0.2) is 38.1 Å². The van der Waals surface area contributed by atoms with Crippen LogP contribution in [0.5, 0.6) is 11.5 Å². The van der Waals surface area contributed by atoms with E-state index in [-0.39, 0.29) is 12.2 Å². The van der Waals surface area contributed by atoms with Crippen LogP contribution in [0.2, 0.25) is 0 Å². The third kappa shape index (κ3) is 5.82. The molecule has 0 aliphatic carbocycles. The average molecular weight is 358 g/mol. The van der Waals surface area contributed by atoms with E-state index in [2.05, 4.69) is 5.32 Å². The number of hydrogen-bond acceptors (Lipinski definition) is 6. The van der Waals surface area contributed by atoms with Gasteiger partial charge in [0.1, 0.15) is 11.5 Å². The maximum Gasteiger partial charge on any atom is 0.338 e. The van der Waals surface area contributed by atoms with Gasteiger partial charge in [0.15, 0.2) is 13.2 Å². The van der Waals surface area contributed by atoms with Crippen molar-refractivity contribution in [3.8, 4) is 11.5 Å². The van der Waals surface area contributed by atoms with Crippen LogP contribution in [0, 0.1) is 0 Å². The van der Waals surface area contributed by atoms with E-state index >= 15 is 0 Å². The minimum atomic E-state index is -0.656. The third-order valence-electron chi connectivity index (χ3n) is 3.18. The molecule has 3 N–H and O–H groups in total. The Hall–Kier alpha value is -3.55. The normalized spacial score (nSPS) is 9.88. The first-order valence-electron chi connectivity index (χ1n) is 7.60. The zero-order chi connectivity index (χ0) is 18.9. The first-order valence-corrected chi connectivity index (χ1v) is 7.60. The number of rotatable bonds is 8. The number of nitrogens with one attached hydrogen (secondary N) is 1. The minimum Gasteiger partial charge on any atom is -0.497 e. The number of anilines is 1. The zero-order valence-electron chi connectivity index (χ0n) is 14.1. The fraction of sp³-hybridized carbons (Fsp3) is 0.167. The Morgan fingerprint density at radius 1 is 0.923 bits per heavy atom. The number of nitrogens with two attached hydrogens (primary N) is 1. The molecule has 8 heteroatoms. The number of primary amides is 1. The van der Waals surface area contributed by atoms with Gasteiger partial charge < -0.3 is 25.3 Å². The topological polar surface area (TPSA) is 117 Å². The summed E-state index contributed by atoms with van der Waals surface area (Å²) in [5, 5.41) is 2.60. The second-order valence-corrected chi connectivity index (χ2v) is 5.13. The van der Waals surface area contributed by atoms with Crippen molar-refractivity contribution in [3.63, 3.8) is 0 Å². The lowest BCUT2D eigenvalue weighted by atomic mass is 10.2. The molecule has 0 aliphatic rings. The smallest absolute Gasteiger partial charge is 0.338 e. The molecule has 0 fully saturated rings. The van der Waals surface area contributed by atoms with E-state index in [0.29, 0.717) is 17.2 Å². The van der Waals surface area contributed by atoms with Crippen molar-refractivity contribution < 1.29 is 28.6 Å². The van der Waals surface area contributed by atoms with Gasteiger partial charge in [-0.2, -0.15) is 0 Å². The second-order valence-electron chi connectivity index (χ2n) is 5.13. The zero-order valence-corrected chi connectivity index (χ0v) is 14.1. The van der Waals surface area contributed by atoms with Crippen LogP contribution in [0.25, 0.3) is 0 Å². The number of hydrogen-bond donors (Lipinski definition) is 2. The lowest BCUT2D eigenvalue weighted by Gasteiger charge is -2.08. The summed E-state index contributed by atoms with van der Waals surface area (Å²) >= 11 is 0. The molecule has 0 unspecified atom stereocenters. The molecule has 136 valence electrons. The van der Waals surface area contributed by atoms with Crippen LogP contribution in [-0.2, 0) is 14.3 Å². The van der Waals surface area contributed by atoms with Gasteiger partial charge >= 0.3 is 5.97 Å². The molecule has 26 heavy (non-hydrogen) atoms. The number of carbonyl (C=O) groups excluding carboxylic acids is 3. The van der Waals surface area contributed by atoms with Gasteiger partial charge in [-0.25, -0.2) is 4.79 Å². The molecule has 0 bridgehead atoms. The molecule has 2 rings (SSSR count). The summed E-state index contributed by atoms with van der Waals surface area (Å²) in [6, 6.07) is 12.6. The van der Waals surface area contributed by atoms with E-state index in [1.807, 2.05) is 0 Å². The predicted octanol–water partition coefficient (Wildman–Crippen LogP) is 1.35. The predicted molar refractivity (Wildman–Crippen MR) is 93.0 cm³/mol. The number of esters is 1. The lowest BCUT2D eigenvalue weighted by Crippen LogP contribution is -2.21. The largest absolute Gasteiger partial charge is 0.497 e. The van der Waals surface area contributed by atoms with Crippen molar-refractivity contribution in [2.24, 2.45) is 5.73 Å². The van der Waals surface area contributed by atoms with E-state index in [4.69, 9.17) is 19.9 Å². The monoisotopic (exact) mass is 358 g/mol. The van der Waals surface area contributed by atoms with Gasteiger partial charge in [-0.3, -0.25) is 9.59 Å². The Labute approximate surface area is 149 Å². The van der Waals surface area contributed by atoms with Gasteiger partial charge in [-0.15, -0.1) is 0 Å². The van der Waals surface area contributed by atoms with Gasteiger partial charge in [0, 0.05) is 5.69 Å². The molecule has 0 atom stereocenters. The SMILES string of the molecule is COc1ccc(NC(=O)COC(=O)c2ccc(OCC(N)=O)cc2)cc1. The highest BCUT2D eigenvalue weighted by molar-refractivity contribution is 5.95. The number of ether oxygens (including phenoxy) is 3. The van der Waals surface area contributed by atoms with Crippen LogP contribution < -0.4 is 20.5 Å². The van der Waals surface area contributed by atoms with Gasteiger partial charge in [0.25, 0.3) is 11.8 Å². The first-order chi connectivity index (χ1) is 12.5. The summed E-state index contributed by atoms with van der Waals surface area (Å²) < 4.78 is 15.1. The molecule has 0 spiro atoms. The van der Waals surface area contributed by atoms with E-state index in [1.165, 1.54) is 24.3 Å². The number of benzene rings is 2. The minimum absolute atomic E-state index is 0.244. The summed E-state index contributed by atoms with van der Waals surface area (Å²) in [7, 11) is 1.55. The van der Waals surface area contributed by atoms with Gasteiger partial charge in [-0.1, -0.05) is 0 Å². The van der Waals surface area contributed by atoms with Crippen LogP contribution in [0.4, 0.5) is 5.69 Å². The van der Waals surface area contributed by atoms with Crippen LogP contribution in [0.1, 0.15) is 10.4 Å². The summed E-state index contributed by atoms with van der Waals surface area (Å²) in [6.45, 7) is -0.680. The van der Waals surface area contributed by atoms with E-state index in [0.717, 1.165) is 0 Å². The lowest BCUT2D eigenvalue weighted by molar-refractivity contribution is -0.120. The highest BCUT2D eigenvalue weighted by Gasteiger charge is 2.11. The summed E-state index contributed by atoms with van der Waals surface area (Å²) in [4.78, 5) is 34.4. The van der Waals surface area contributed by atoms with Crippen molar-refractivity contribution >= 4 is 23.5 Å². The maximum atomic E-state index is 11.9. The van der Waals surface area contributed by atoms with Crippen LogP contribution in [0.3, 0.4) is 0 Å². The quantitative estimate of drug-likeness (QED) is 0.688. The van der Waals surface area contributed by atoms with Crippen molar-refractivity contribution in [1.82, 2.24) is 0 Å². The van der Waals surface area contributed by atoms with Crippen molar-refractivity contribution in [3.05, 3.63) is 54.1 Å². The Morgan fingerprint density at radius 2 is 1.54 bits per heavy atom. The Kier molecular flexibility index (Phi) is 6.55. The highest BCUT2D eigenvalue weighted by Crippen LogP contribution is 2.15. The number of carbonyl (C=O) groups is 3. The molecule has 0 saturated carbocycles. The average Bonchev–Trinajstić information content (AvgIpc) is 2.65. The molecule has 8 nitrogen and oxygen atoms in total. The van der Waals surface area contributed by atoms with Crippen molar-refractivity contribution in [2.45, 2.75) is 0 Å². The molecule has 2 amide bonds. The first kappa shape index (κ1) is 18.8. The highest BCUT2D eigenvalue weighted by atomic mass is 16.5. The molecular weight excluding hydrogens is 340 g/mol. The van der Waals surface area contributed by atoms with Crippen molar-refractivity contribution in [2.75, 3.05) is 25.6 Å². The molecule has 0 radical (unpaired) electrons. The van der Waals surface area contributed by atoms with Crippen LogP contribution in [0.15, 0.2) is 48.5 Å². The second kappa shape index (κ2) is 9.07. The third-order valence-corrected chi connectivity index (χ3v) is 3.18.